The quantitative estimate of drug-likeness (QED) is 0.0645. The van der Waals surface area contributed by atoms with Crippen molar-refractivity contribution in [3.05, 3.63) is 108 Å². The number of nitrogens with two attached hydrogens (primary N) is 2. The molecular formula is C39H44N8O5. The summed E-state index contributed by atoms with van der Waals surface area (Å²) in [7, 11) is 0. The fraction of sp³-hybridized carbons (Fsp3) is 0.282. The van der Waals surface area contributed by atoms with Crippen molar-refractivity contribution in [1.82, 2.24) is 30.9 Å². The predicted molar refractivity (Wildman–Crippen MR) is 200 cm³/mol. The van der Waals surface area contributed by atoms with Crippen molar-refractivity contribution in [2.75, 3.05) is 6.54 Å². The van der Waals surface area contributed by atoms with Gasteiger partial charge in [-0.3, -0.25) is 14.4 Å². The molecule has 3 aromatic carbocycles. The number of H-pyrrole nitrogens is 3. The van der Waals surface area contributed by atoms with Crippen LogP contribution in [0.4, 0.5) is 0 Å². The molecule has 6 rings (SSSR count). The number of aromatic nitrogens is 3. The van der Waals surface area contributed by atoms with Crippen LogP contribution in [-0.4, -0.2) is 74.5 Å². The van der Waals surface area contributed by atoms with Crippen molar-refractivity contribution in [2.45, 2.75) is 62.7 Å². The van der Waals surface area contributed by atoms with E-state index in [1.165, 1.54) is 0 Å². The van der Waals surface area contributed by atoms with E-state index in [1.54, 1.807) is 12.4 Å². The first kappa shape index (κ1) is 35.9. The number of aliphatic carboxylic acids is 1. The Bertz CT molecular complexity index is 2180. The summed E-state index contributed by atoms with van der Waals surface area (Å²) in [6.07, 6.45) is 7.05. The zero-order chi connectivity index (χ0) is 36.6. The van der Waals surface area contributed by atoms with Crippen LogP contribution in [0.2, 0.25) is 0 Å². The smallest absolute Gasteiger partial charge is 0.326 e. The summed E-state index contributed by atoms with van der Waals surface area (Å²) in [6.45, 7) is 0.397. The van der Waals surface area contributed by atoms with E-state index in [2.05, 4.69) is 30.9 Å². The summed E-state index contributed by atoms with van der Waals surface area (Å²) < 4.78 is 0. The van der Waals surface area contributed by atoms with Crippen LogP contribution >= 0.6 is 0 Å². The number of carbonyl (C=O) groups is 4. The molecule has 52 heavy (non-hydrogen) atoms. The van der Waals surface area contributed by atoms with E-state index >= 15 is 0 Å². The van der Waals surface area contributed by atoms with E-state index in [4.69, 9.17) is 11.5 Å². The van der Waals surface area contributed by atoms with Crippen LogP contribution in [0.25, 0.3) is 32.7 Å². The third-order valence-corrected chi connectivity index (χ3v) is 9.48. The lowest BCUT2D eigenvalue weighted by molar-refractivity contribution is -0.142. The highest BCUT2D eigenvalue weighted by atomic mass is 16.4. The van der Waals surface area contributed by atoms with Gasteiger partial charge in [0.25, 0.3) is 0 Å². The molecule has 13 nitrogen and oxygen atoms in total. The number of fused-ring (bicyclic) bond motifs is 3. The number of hydrogen-bond donors (Lipinski definition) is 9. The maximum absolute atomic E-state index is 14.3. The lowest BCUT2D eigenvalue weighted by Gasteiger charge is -2.25. The molecule has 0 bridgehead atoms. The molecule has 4 atom stereocenters. The van der Waals surface area contributed by atoms with E-state index in [1.807, 2.05) is 79.0 Å². The lowest BCUT2D eigenvalue weighted by Crippen LogP contribution is -2.58. The van der Waals surface area contributed by atoms with Crippen molar-refractivity contribution < 1.29 is 24.3 Å². The van der Waals surface area contributed by atoms with Crippen LogP contribution < -0.4 is 27.4 Å². The van der Waals surface area contributed by atoms with Gasteiger partial charge in [0.1, 0.15) is 18.1 Å². The van der Waals surface area contributed by atoms with Gasteiger partial charge in [0, 0.05) is 64.1 Å². The second kappa shape index (κ2) is 16.4. The van der Waals surface area contributed by atoms with Crippen molar-refractivity contribution in [3.8, 4) is 0 Å². The van der Waals surface area contributed by atoms with Crippen LogP contribution in [-0.2, 0) is 38.4 Å². The van der Waals surface area contributed by atoms with Crippen molar-refractivity contribution in [3.63, 3.8) is 0 Å². The second-order valence-corrected chi connectivity index (χ2v) is 13.1. The third-order valence-electron chi connectivity index (χ3n) is 9.48. The molecule has 0 aliphatic rings. The Balaban J connectivity index is 1.26. The van der Waals surface area contributed by atoms with E-state index in [9.17, 15) is 24.3 Å². The maximum Gasteiger partial charge on any atom is 0.326 e. The molecule has 270 valence electrons. The summed E-state index contributed by atoms with van der Waals surface area (Å²) in [5, 5.41) is 20.9. The minimum atomic E-state index is -1.18. The van der Waals surface area contributed by atoms with Crippen LogP contribution in [0, 0.1) is 0 Å². The van der Waals surface area contributed by atoms with Gasteiger partial charge in [0.05, 0.1) is 6.04 Å². The van der Waals surface area contributed by atoms with Crippen LogP contribution in [0.15, 0.2) is 91.4 Å². The number of rotatable bonds is 17. The molecular weight excluding hydrogens is 660 g/mol. The minimum absolute atomic E-state index is 0.0601. The van der Waals surface area contributed by atoms with Gasteiger partial charge in [0.2, 0.25) is 17.7 Å². The molecule has 13 heteroatoms. The lowest BCUT2D eigenvalue weighted by atomic mass is 10.00. The molecule has 6 aromatic rings. The number of benzene rings is 3. The normalized spacial score (nSPS) is 13.8. The summed E-state index contributed by atoms with van der Waals surface area (Å²) in [4.78, 5) is 63.6. The van der Waals surface area contributed by atoms with Gasteiger partial charge in [-0.2, -0.15) is 0 Å². The Kier molecular flexibility index (Phi) is 11.3. The molecule has 0 spiro atoms. The number of aromatic amines is 3. The number of carboxylic acid groups (broad SMARTS) is 1. The number of carbonyl (C=O) groups excluding carboxylic acids is 3. The minimum Gasteiger partial charge on any atom is -0.480 e. The maximum atomic E-state index is 14.3. The highest BCUT2D eigenvalue weighted by Crippen LogP contribution is 2.22. The van der Waals surface area contributed by atoms with Gasteiger partial charge >= 0.3 is 5.97 Å². The molecule has 0 saturated heterocycles. The summed E-state index contributed by atoms with van der Waals surface area (Å²) in [5.41, 5.74) is 17.1. The van der Waals surface area contributed by atoms with E-state index in [0.29, 0.717) is 19.4 Å². The molecule has 0 fully saturated rings. The molecule has 0 saturated carbocycles. The number of unbranched alkanes of at least 4 members (excludes halogenated alkanes) is 1. The molecule has 3 aromatic heterocycles. The second-order valence-electron chi connectivity index (χ2n) is 13.1. The first-order chi connectivity index (χ1) is 25.2. The van der Waals surface area contributed by atoms with E-state index in [0.717, 1.165) is 49.4 Å². The fourth-order valence-corrected chi connectivity index (χ4v) is 6.66. The molecule has 4 unspecified atom stereocenters. The van der Waals surface area contributed by atoms with Crippen LogP contribution in [0.1, 0.15) is 36.0 Å². The Labute approximate surface area is 299 Å². The Morgan fingerprint density at radius 3 is 1.42 bits per heavy atom. The average molecular weight is 705 g/mol. The van der Waals surface area contributed by atoms with Gasteiger partial charge in [-0.15, -0.1) is 0 Å². The van der Waals surface area contributed by atoms with Crippen LogP contribution in [0.5, 0.6) is 0 Å². The third kappa shape index (κ3) is 8.33. The molecule has 0 aliphatic heterocycles. The first-order valence-electron chi connectivity index (χ1n) is 17.5. The number of amides is 3. The van der Waals surface area contributed by atoms with E-state index in [-0.39, 0.29) is 25.7 Å². The van der Waals surface area contributed by atoms with Crippen molar-refractivity contribution in [2.24, 2.45) is 11.5 Å². The first-order valence-corrected chi connectivity index (χ1v) is 17.5. The molecule has 3 amide bonds. The van der Waals surface area contributed by atoms with Gasteiger partial charge in [-0.25, -0.2) is 4.79 Å². The number of hydrogen-bond acceptors (Lipinski definition) is 6. The molecule has 3 heterocycles. The highest BCUT2D eigenvalue weighted by Gasteiger charge is 2.32. The number of nitrogens with one attached hydrogen (secondary N) is 6. The summed E-state index contributed by atoms with van der Waals surface area (Å²) in [6, 6.07) is 18.4. The zero-order valence-corrected chi connectivity index (χ0v) is 28.7. The standard InChI is InChI=1S/C39H44N8O5/c40-16-8-7-15-33(39(51)52)45-37(49)35(19-25-22-44-32-14-6-3-11-28(25)32)47-38(50)34(18-24-21-43-31-13-5-2-10-27(24)31)46-36(48)29(41)17-23-20-42-30-12-4-1-9-26(23)30/h1-6,9-14,20-22,29,33-35,42-44H,7-8,15-19,40-41H2,(H,45,49)(H,46,48)(H,47,50)(H,51,52). The van der Waals surface area contributed by atoms with Crippen molar-refractivity contribution in [1.29, 1.82) is 0 Å². The van der Waals surface area contributed by atoms with Gasteiger partial charge in [-0.05, 0) is 67.1 Å². The predicted octanol–water partition coefficient (Wildman–Crippen LogP) is 3.15. The largest absolute Gasteiger partial charge is 0.480 e. The number of carboxylic acids is 1. The average Bonchev–Trinajstić information content (AvgIpc) is 3.88. The Hall–Kier alpha value is -5.92. The molecule has 11 N–H and O–H groups in total. The van der Waals surface area contributed by atoms with Gasteiger partial charge < -0.3 is 47.5 Å². The number of para-hydroxylation sites is 3. The van der Waals surface area contributed by atoms with E-state index < -0.39 is 47.9 Å². The summed E-state index contributed by atoms with van der Waals surface area (Å²) >= 11 is 0. The SMILES string of the molecule is NCCCCC(NC(=O)C(Cc1c[nH]c2ccccc12)NC(=O)C(Cc1c[nH]c2ccccc12)NC(=O)C(N)Cc1c[nH]c2ccccc12)C(=O)O. The Morgan fingerprint density at radius 1 is 0.577 bits per heavy atom. The summed E-state index contributed by atoms with van der Waals surface area (Å²) in [5.74, 6) is -3.00. The Morgan fingerprint density at radius 2 is 0.981 bits per heavy atom. The highest BCUT2D eigenvalue weighted by molar-refractivity contribution is 5.96. The molecule has 0 radical (unpaired) electrons. The molecule has 0 aliphatic carbocycles. The van der Waals surface area contributed by atoms with Crippen LogP contribution in [0.3, 0.4) is 0 Å². The zero-order valence-electron chi connectivity index (χ0n) is 28.7. The van der Waals surface area contributed by atoms with Gasteiger partial charge in [0.15, 0.2) is 0 Å². The topological polar surface area (TPSA) is 224 Å². The van der Waals surface area contributed by atoms with Crippen molar-refractivity contribution >= 4 is 56.4 Å². The monoisotopic (exact) mass is 704 g/mol. The van der Waals surface area contributed by atoms with Gasteiger partial charge in [-0.1, -0.05) is 54.6 Å². The fourth-order valence-electron chi connectivity index (χ4n) is 6.66.